The average molecular weight is 417 g/mol. The lowest BCUT2D eigenvalue weighted by molar-refractivity contribution is 0.174. The quantitative estimate of drug-likeness (QED) is 0.426. The summed E-state index contributed by atoms with van der Waals surface area (Å²) in [5, 5.41) is 0. The van der Waals surface area contributed by atoms with Crippen molar-refractivity contribution in [2.24, 2.45) is 11.8 Å². The Bertz CT molecular complexity index is 511. The number of para-hydroxylation sites is 2. The molecule has 0 atom stereocenters. The van der Waals surface area contributed by atoms with E-state index >= 15 is 0 Å². The Morgan fingerprint density at radius 3 is 1.20 bits per heavy atom. The SMILES string of the molecule is CC.CC.CC(C)C.CC(C)C.c1ccc2c(c1)CCC2.c1ccc2c(c1)OCO2. The molecule has 0 unspecified atom stereocenters. The Morgan fingerprint density at radius 2 is 0.867 bits per heavy atom. The Morgan fingerprint density at radius 1 is 0.567 bits per heavy atom. The molecule has 0 amide bonds. The first-order chi connectivity index (χ1) is 14.4. The van der Waals surface area contributed by atoms with Gasteiger partial charge in [0.15, 0.2) is 11.5 Å². The van der Waals surface area contributed by atoms with Gasteiger partial charge in [0.2, 0.25) is 6.79 Å². The minimum atomic E-state index is 0.360. The third-order valence-corrected chi connectivity index (χ3v) is 3.29. The fraction of sp³-hybridized carbons (Fsp3) is 0.571. The van der Waals surface area contributed by atoms with Crippen LogP contribution < -0.4 is 9.47 Å². The lowest BCUT2D eigenvalue weighted by atomic mass is 10.1. The van der Waals surface area contributed by atoms with Gasteiger partial charge in [-0.25, -0.2) is 0 Å². The predicted octanol–water partition coefficient (Wildman–Crippen LogP) is 8.97. The molecule has 0 fully saturated rings. The van der Waals surface area contributed by atoms with Gasteiger partial charge in [-0.05, 0) is 54.4 Å². The van der Waals surface area contributed by atoms with Crippen molar-refractivity contribution in [3.05, 3.63) is 59.7 Å². The average Bonchev–Trinajstić information content (AvgIpc) is 3.40. The highest BCUT2D eigenvalue weighted by atomic mass is 16.7. The van der Waals surface area contributed by atoms with Crippen LogP contribution in [-0.2, 0) is 12.8 Å². The summed E-state index contributed by atoms with van der Waals surface area (Å²) in [5.41, 5.74) is 3.13. The van der Waals surface area contributed by atoms with Gasteiger partial charge >= 0.3 is 0 Å². The van der Waals surface area contributed by atoms with Crippen LogP contribution in [0.1, 0.15) is 86.8 Å². The Kier molecular flexibility index (Phi) is 20.5. The number of rotatable bonds is 0. The normalized spacial score (nSPS) is 11.6. The highest BCUT2D eigenvalue weighted by Crippen LogP contribution is 2.30. The van der Waals surface area contributed by atoms with E-state index in [1.54, 1.807) is 11.1 Å². The molecule has 1 aliphatic heterocycles. The lowest BCUT2D eigenvalue weighted by Crippen LogP contribution is -1.92. The summed E-state index contributed by atoms with van der Waals surface area (Å²) in [4.78, 5) is 0. The molecule has 172 valence electrons. The molecule has 0 saturated carbocycles. The molecule has 0 spiro atoms. The van der Waals surface area contributed by atoms with Gasteiger partial charge in [-0.2, -0.15) is 0 Å². The van der Waals surface area contributed by atoms with Crippen LogP contribution in [0.25, 0.3) is 0 Å². The zero-order valence-electron chi connectivity index (χ0n) is 21.4. The molecule has 0 bridgehead atoms. The van der Waals surface area contributed by atoms with Gasteiger partial charge in [0.1, 0.15) is 0 Å². The van der Waals surface area contributed by atoms with Gasteiger partial charge < -0.3 is 9.47 Å². The third-order valence-electron chi connectivity index (χ3n) is 3.29. The van der Waals surface area contributed by atoms with Crippen LogP contribution in [0.3, 0.4) is 0 Å². The molecule has 0 N–H and O–H groups in total. The minimum Gasteiger partial charge on any atom is -0.454 e. The Labute approximate surface area is 188 Å². The zero-order valence-corrected chi connectivity index (χ0v) is 21.4. The van der Waals surface area contributed by atoms with E-state index in [2.05, 4.69) is 65.8 Å². The van der Waals surface area contributed by atoms with Crippen LogP contribution in [0.4, 0.5) is 0 Å². The number of benzene rings is 2. The fourth-order valence-electron chi connectivity index (χ4n) is 2.36. The van der Waals surface area contributed by atoms with E-state index in [1.807, 2.05) is 52.0 Å². The summed E-state index contributed by atoms with van der Waals surface area (Å²) in [5.74, 6) is 3.36. The van der Waals surface area contributed by atoms with Gasteiger partial charge in [0.05, 0.1) is 0 Å². The summed E-state index contributed by atoms with van der Waals surface area (Å²) >= 11 is 0. The van der Waals surface area contributed by atoms with Gasteiger partial charge in [-0.3, -0.25) is 0 Å². The highest BCUT2D eigenvalue weighted by Gasteiger charge is 2.09. The van der Waals surface area contributed by atoms with Crippen LogP contribution in [0.15, 0.2) is 48.5 Å². The second-order valence-electron chi connectivity index (χ2n) is 7.94. The van der Waals surface area contributed by atoms with Crippen molar-refractivity contribution in [2.45, 2.75) is 88.5 Å². The van der Waals surface area contributed by atoms with Crippen molar-refractivity contribution < 1.29 is 9.47 Å². The van der Waals surface area contributed by atoms with Crippen molar-refractivity contribution in [3.63, 3.8) is 0 Å². The molecule has 0 radical (unpaired) electrons. The fourth-order valence-corrected chi connectivity index (χ4v) is 2.36. The smallest absolute Gasteiger partial charge is 0.231 e. The van der Waals surface area contributed by atoms with E-state index in [-0.39, 0.29) is 0 Å². The molecule has 2 aromatic rings. The van der Waals surface area contributed by atoms with Crippen molar-refractivity contribution in [1.82, 2.24) is 0 Å². The Balaban J connectivity index is 0. The van der Waals surface area contributed by atoms with Crippen LogP contribution in [0, 0.1) is 11.8 Å². The first kappa shape index (κ1) is 30.2. The first-order valence-corrected chi connectivity index (χ1v) is 11.8. The van der Waals surface area contributed by atoms with Gasteiger partial charge in [-0.1, -0.05) is 106 Å². The maximum absolute atomic E-state index is 5.08. The van der Waals surface area contributed by atoms with Crippen LogP contribution >= 0.6 is 0 Å². The predicted molar refractivity (Wildman–Crippen MR) is 135 cm³/mol. The molecule has 4 rings (SSSR count). The molecule has 2 heteroatoms. The van der Waals surface area contributed by atoms with Crippen molar-refractivity contribution in [3.8, 4) is 11.5 Å². The van der Waals surface area contributed by atoms with Crippen LogP contribution in [0.5, 0.6) is 11.5 Å². The highest BCUT2D eigenvalue weighted by molar-refractivity contribution is 5.40. The molecule has 2 nitrogen and oxygen atoms in total. The van der Waals surface area contributed by atoms with Gasteiger partial charge in [-0.15, -0.1) is 0 Å². The largest absolute Gasteiger partial charge is 0.454 e. The molecule has 30 heavy (non-hydrogen) atoms. The summed E-state index contributed by atoms with van der Waals surface area (Å²) in [6.45, 7) is 21.4. The number of hydrogen-bond acceptors (Lipinski definition) is 2. The summed E-state index contributed by atoms with van der Waals surface area (Å²) in [6.07, 6.45) is 3.96. The number of aryl methyl sites for hydroxylation is 2. The second-order valence-corrected chi connectivity index (χ2v) is 7.94. The molecule has 2 aromatic carbocycles. The van der Waals surface area contributed by atoms with Gasteiger partial charge in [0, 0.05) is 0 Å². The molecule has 0 aromatic heterocycles. The molecule has 1 heterocycles. The van der Waals surface area contributed by atoms with E-state index in [0.717, 1.165) is 23.3 Å². The summed E-state index contributed by atoms with van der Waals surface area (Å²) in [6, 6.07) is 16.4. The zero-order chi connectivity index (χ0) is 23.4. The molecule has 2 aliphatic rings. The first-order valence-electron chi connectivity index (χ1n) is 11.8. The Hall–Kier alpha value is -1.96. The minimum absolute atomic E-state index is 0.360. The maximum atomic E-state index is 5.08. The summed E-state index contributed by atoms with van der Waals surface area (Å²) in [7, 11) is 0. The van der Waals surface area contributed by atoms with Crippen molar-refractivity contribution in [1.29, 1.82) is 0 Å². The molecular weight excluding hydrogens is 368 g/mol. The summed E-state index contributed by atoms with van der Waals surface area (Å²) < 4.78 is 10.2. The van der Waals surface area contributed by atoms with E-state index in [1.165, 1.54) is 19.3 Å². The molecular formula is C28H48O2. The van der Waals surface area contributed by atoms with E-state index in [0.29, 0.717) is 6.79 Å². The van der Waals surface area contributed by atoms with Crippen LogP contribution in [0.2, 0.25) is 0 Å². The maximum Gasteiger partial charge on any atom is 0.231 e. The monoisotopic (exact) mass is 416 g/mol. The van der Waals surface area contributed by atoms with E-state index in [9.17, 15) is 0 Å². The van der Waals surface area contributed by atoms with Crippen molar-refractivity contribution >= 4 is 0 Å². The molecule has 0 saturated heterocycles. The number of ether oxygens (including phenoxy) is 2. The van der Waals surface area contributed by atoms with E-state index in [4.69, 9.17) is 9.47 Å². The van der Waals surface area contributed by atoms with Crippen LogP contribution in [-0.4, -0.2) is 6.79 Å². The molecule has 1 aliphatic carbocycles. The van der Waals surface area contributed by atoms with E-state index < -0.39 is 0 Å². The topological polar surface area (TPSA) is 18.5 Å². The van der Waals surface area contributed by atoms with Gasteiger partial charge in [0.25, 0.3) is 0 Å². The standard InChI is InChI=1S/C9H10.C7H6O2.2C4H10.2C2H6/c1-2-5-9-7-3-6-8(9)4-1;1-2-4-7-6(3-1)8-5-9-7;2*1-4(2)3;2*1-2/h1-2,4-5H,3,6-7H2;1-4H,5H2;2*4H,1-3H3;2*1-2H3. The second kappa shape index (κ2) is 20.3. The third kappa shape index (κ3) is 15.9. The van der Waals surface area contributed by atoms with Crippen molar-refractivity contribution in [2.75, 3.05) is 6.79 Å². The number of fused-ring (bicyclic) bond motifs is 2. The number of hydrogen-bond donors (Lipinski definition) is 0. The lowest BCUT2D eigenvalue weighted by Gasteiger charge is -1.93.